The van der Waals surface area contributed by atoms with Gasteiger partial charge in [0.1, 0.15) is 13.2 Å². The molecular formula is C72H116O6. The highest BCUT2D eigenvalue weighted by Crippen LogP contribution is 2.14. The number of esters is 3. The van der Waals surface area contributed by atoms with E-state index in [1.807, 2.05) is 0 Å². The maximum atomic E-state index is 12.9. The third kappa shape index (κ3) is 62.1. The second-order valence-electron chi connectivity index (χ2n) is 20.5. The van der Waals surface area contributed by atoms with Gasteiger partial charge in [-0.25, -0.2) is 0 Å². The van der Waals surface area contributed by atoms with E-state index in [1.54, 1.807) is 0 Å². The Kier molecular flexibility index (Phi) is 60.9. The number of allylic oxidation sites excluding steroid dienone is 24. The van der Waals surface area contributed by atoms with E-state index in [2.05, 4.69) is 167 Å². The van der Waals surface area contributed by atoms with Crippen molar-refractivity contribution in [1.82, 2.24) is 0 Å². The molecule has 0 N–H and O–H groups in total. The van der Waals surface area contributed by atoms with Crippen LogP contribution >= 0.6 is 0 Å². The van der Waals surface area contributed by atoms with Gasteiger partial charge in [0.25, 0.3) is 0 Å². The highest BCUT2D eigenvalue weighted by atomic mass is 16.6. The Morgan fingerprint density at radius 1 is 0.269 bits per heavy atom. The first kappa shape index (κ1) is 73.3. The van der Waals surface area contributed by atoms with E-state index in [0.717, 1.165) is 154 Å². The van der Waals surface area contributed by atoms with Crippen molar-refractivity contribution in [3.8, 4) is 0 Å². The molecule has 78 heavy (non-hydrogen) atoms. The number of hydrogen-bond acceptors (Lipinski definition) is 6. The normalized spacial score (nSPS) is 13.1. The summed E-state index contributed by atoms with van der Waals surface area (Å²) in [6.07, 6.45) is 92.7. The van der Waals surface area contributed by atoms with E-state index in [4.69, 9.17) is 14.2 Å². The molecule has 0 rings (SSSR count). The number of carbonyl (C=O) groups is 3. The van der Waals surface area contributed by atoms with Crippen molar-refractivity contribution >= 4 is 17.9 Å². The molecule has 0 amide bonds. The topological polar surface area (TPSA) is 78.9 Å². The molecule has 0 fully saturated rings. The van der Waals surface area contributed by atoms with Gasteiger partial charge in [-0.05, 0) is 141 Å². The van der Waals surface area contributed by atoms with Crippen molar-refractivity contribution in [3.63, 3.8) is 0 Å². The highest BCUT2D eigenvalue weighted by molar-refractivity contribution is 5.71. The van der Waals surface area contributed by atoms with Crippen LogP contribution < -0.4 is 0 Å². The minimum absolute atomic E-state index is 0.103. The quantitative estimate of drug-likeness (QED) is 0.0261. The number of ether oxygens (including phenoxy) is 3. The summed E-state index contributed by atoms with van der Waals surface area (Å²) in [7, 11) is 0. The van der Waals surface area contributed by atoms with Crippen LogP contribution in [0.4, 0.5) is 0 Å². The summed E-state index contributed by atoms with van der Waals surface area (Å²) in [5.41, 5.74) is 0. The monoisotopic (exact) mass is 1080 g/mol. The number of carbonyl (C=O) groups excluding carboxylic acids is 3. The molecular weight excluding hydrogens is 961 g/mol. The maximum Gasteiger partial charge on any atom is 0.306 e. The van der Waals surface area contributed by atoms with Crippen LogP contribution in [0.5, 0.6) is 0 Å². The second-order valence-corrected chi connectivity index (χ2v) is 20.5. The molecule has 1 atom stereocenters. The Bertz CT molecular complexity index is 1710. The van der Waals surface area contributed by atoms with Gasteiger partial charge in [0.2, 0.25) is 0 Å². The molecule has 0 saturated heterocycles. The van der Waals surface area contributed by atoms with Crippen LogP contribution in [0.2, 0.25) is 0 Å². The summed E-state index contributed by atoms with van der Waals surface area (Å²) < 4.78 is 16.9. The van der Waals surface area contributed by atoms with Crippen molar-refractivity contribution in [1.29, 1.82) is 0 Å². The van der Waals surface area contributed by atoms with Crippen molar-refractivity contribution in [2.75, 3.05) is 13.2 Å². The van der Waals surface area contributed by atoms with Crippen LogP contribution in [0.3, 0.4) is 0 Å². The third-order valence-electron chi connectivity index (χ3n) is 13.1. The van der Waals surface area contributed by atoms with E-state index >= 15 is 0 Å². The molecule has 440 valence electrons. The van der Waals surface area contributed by atoms with Crippen molar-refractivity contribution < 1.29 is 28.6 Å². The summed E-state index contributed by atoms with van der Waals surface area (Å²) in [6, 6.07) is 0. The lowest BCUT2D eigenvalue weighted by Crippen LogP contribution is -2.30. The second kappa shape index (κ2) is 64.8. The molecule has 0 aliphatic heterocycles. The van der Waals surface area contributed by atoms with E-state index < -0.39 is 6.10 Å². The van der Waals surface area contributed by atoms with Crippen molar-refractivity contribution in [3.05, 3.63) is 146 Å². The minimum Gasteiger partial charge on any atom is -0.462 e. The molecule has 1 unspecified atom stereocenters. The predicted molar refractivity (Wildman–Crippen MR) is 339 cm³/mol. The zero-order valence-electron chi connectivity index (χ0n) is 50.4. The Morgan fingerprint density at radius 2 is 0.500 bits per heavy atom. The molecule has 0 aliphatic carbocycles. The lowest BCUT2D eigenvalue weighted by atomic mass is 10.1. The summed E-state index contributed by atoms with van der Waals surface area (Å²) in [6.45, 7) is 6.36. The summed E-state index contributed by atoms with van der Waals surface area (Å²) >= 11 is 0. The molecule has 0 aliphatic rings. The lowest BCUT2D eigenvalue weighted by Gasteiger charge is -2.18. The van der Waals surface area contributed by atoms with Gasteiger partial charge in [-0.15, -0.1) is 0 Å². The average Bonchev–Trinajstić information content (AvgIpc) is 3.44. The zero-order chi connectivity index (χ0) is 56.4. The van der Waals surface area contributed by atoms with E-state index in [1.165, 1.54) is 77.0 Å². The molecule has 0 spiro atoms. The molecule has 0 radical (unpaired) electrons. The number of rotatable bonds is 56. The maximum absolute atomic E-state index is 12.9. The zero-order valence-corrected chi connectivity index (χ0v) is 50.4. The fourth-order valence-electron chi connectivity index (χ4n) is 8.35. The van der Waals surface area contributed by atoms with Crippen LogP contribution in [-0.4, -0.2) is 37.2 Å². The Hall–Kier alpha value is -4.71. The standard InChI is InChI=1S/C72H116O6/c1-4-7-10-13-16-19-22-25-28-30-32-33-34-35-36-37-38-39-41-42-44-47-50-53-56-59-62-65-71(74)77-68-69(67-76-70(73)64-61-58-55-52-49-46-27-24-21-18-15-12-9-6-3)78-72(75)66-63-60-57-54-51-48-45-43-40-31-29-26-23-20-17-14-11-8-5-2/h7-8,10-11,16-17,19-20,24-29,32-33,35-36,38-40,43,48,51,69H,4-6,9,12-15,18,21-23,30-31,34,37,41-42,44-47,49-50,52-68H2,1-3H3/b10-7-,11-8-,19-16-,20-17-,27-24-,28-25-,29-26-,33-32-,36-35-,39-38-,43-40-,51-48-. The summed E-state index contributed by atoms with van der Waals surface area (Å²) in [4.78, 5) is 38.3. The summed E-state index contributed by atoms with van der Waals surface area (Å²) in [5, 5.41) is 0. The fourth-order valence-corrected chi connectivity index (χ4v) is 8.35. The fraction of sp³-hybridized carbons (Fsp3) is 0.625. The third-order valence-corrected chi connectivity index (χ3v) is 13.1. The molecule has 6 nitrogen and oxygen atoms in total. The largest absolute Gasteiger partial charge is 0.462 e. The first-order chi connectivity index (χ1) is 38.5. The van der Waals surface area contributed by atoms with Gasteiger partial charge in [0.05, 0.1) is 0 Å². The molecule has 0 bridgehead atoms. The highest BCUT2D eigenvalue weighted by Gasteiger charge is 2.19. The number of unbranched alkanes of at least 4 members (excludes halogenated alkanes) is 21. The van der Waals surface area contributed by atoms with Gasteiger partial charge in [0, 0.05) is 19.3 Å². The van der Waals surface area contributed by atoms with Gasteiger partial charge >= 0.3 is 17.9 Å². The molecule has 0 aromatic heterocycles. The smallest absolute Gasteiger partial charge is 0.306 e. The van der Waals surface area contributed by atoms with Crippen LogP contribution in [0.25, 0.3) is 0 Å². The van der Waals surface area contributed by atoms with Gasteiger partial charge in [0.15, 0.2) is 6.10 Å². The van der Waals surface area contributed by atoms with Gasteiger partial charge in [-0.3, -0.25) is 14.4 Å². The molecule has 0 aromatic carbocycles. The lowest BCUT2D eigenvalue weighted by molar-refractivity contribution is -0.167. The van der Waals surface area contributed by atoms with Crippen molar-refractivity contribution in [2.24, 2.45) is 0 Å². The first-order valence-electron chi connectivity index (χ1n) is 31.8. The van der Waals surface area contributed by atoms with Crippen LogP contribution in [0, 0.1) is 0 Å². The van der Waals surface area contributed by atoms with Gasteiger partial charge in [-0.1, -0.05) is 256 Å². The van der Waals surface area contributed by atoms with Crippen LogP contribution in [0.15, 0.2) is 146 Å². The minimum atomic E-state index is -0.810. The van der Waals surface area contributed by atoms with E-state index in [9.17, 15) is 14.4 Å². The van der Waals surface area contributed by atoms with Gasteiger partial charge in [-0.2, -0.15) is 0 Å². The average molecular weight is 1080 g/mol. The first-order valence-corrected chi connectivity index (χ1v) is 31.8. The van der Waals surface area contributed by atoms with E-state index in [0.29, 0.717) is 12.8 Å². The number of hydrogen-bond donors (Lipinski definition) is 0. The SMILES string of the molecule is CC/C=C\C/C=C\C/C=C\C/C=C\C/C=C\C/C=C\CCCCCCCCCCC(=O)OCC(COC(=O)CCCCCCC/C=C\CCCCCCC)OC(=O)CCCCC/C=C\C/C=C\C/C=C\C/C=C\C/C=C\CC. The predicted octanol–water partition coefficient (Wildman–Crippen LogP) is 21.9. The van der Waals surface area contributed by atoms with Gasteiger partial charge < -0.3 is 14.2 Å². The van der Waals surface area contributed by atoms with E-state index in [-0.39, 0.29) is 37.5 Å². The Balaban J connectivity index is 4.43. The molecule has 0 saturated carbocycles. The summed E-state index contributed by atoms with van der Waals surface area (Å²) in [5.74, 6) is -0.952. The van der Waals surface area contributed by atoms with Crippen LogP contribution in [-0.2, 0) is 28.6 Å². The molecule has 6 heteroatoms. The Morgan fingerprint density at radius 3 is 0.808 bits per heavy atom. The van der Waals surface area contributed by atoms with Crippen LogP contribution in [0.1, 0.15) is 271 Å². The molecule has 0 aromatic rings. The molecule has 0 heterocycles. The van der Waals surface area contributed by atoms with Crippen molar-refractivity contribution in [2.45, 2.75) is 277 Å². The Labute approximate surface area is 480 Å².